The van der Waals surface area contributed by atoms with Crippen molar-refractivity contribution in [2.24, 2.45) is 0 Å². The number of rotatable bonds is 16. The minimum atomic E-state index is -0.363. The van der Waals surface area contributed by atoms with E-state index in [2.05, 4.69) is 13.8 Å². The van der Waals surface area contributed by atoms with E-state index in [-0.39, 0.29) is 11.6 Å². The monoisotopic (exact) mass is 492 g/mol. The van der Waals surface area contributed by atoms with Crippen LogP contribution in [0.15, 0.2) is 60.7 Å². The van der Waals surface area contributed by atoms with E-state index in [1.807, 2.05) is 42.5 Å². The quantitative estimate of drug-likeness (QED) is 0.181. The van der Waals surface area contributed by atoms with Crippen LogP contribution in [0.2, 0.25) is 0 Å². The summed E-state index contributed by atoms with van der Waals surface area (Å²) in [6.45, 7) is 4.94. The van der Waals surface area contributed by atoms with Crippen molar-refractivity contribution >= 4 is 0 Å². The third-order valence-electron chi connectivity index (χ3n) is 6.84. The number of aryl methyl sites for hydroxylation is 1. The molecule has 3 heteroatoms. The predicted octanol–water partition coefficient (Wildman–Crippen LogP) is 10.6. The molecule has 0 aliphatic heterocycles. The Kier molecular flexibility index (Phi) is 12.0. The molecule has 0 N–H and O–H groups in total. The van der Waals surface area contributed by atoms with Crippen molar-refractivity contribution in [1.82, 2.24) is 0 Å². The lowest BCUT2D eigenvalue weighted by molar-refractivity contribution is 0.290. The fraction of sp³-hybridized carbons (Fsp3) is 0.455. The third-order valence-corrected chi connectivity index (χ3v) is 6.84. The SMILES string of the molecule is CCCCCCCCOc1ccc(-c2ccccc2-c2ccc(CCCCCCC)c(F)c2)cc1F. The third kappa shape index (κ3) is 8.47. The minimum Gasteiger partial charge on any atom is -0.491 e. The summed E-state index contributed by atoms with van der Waals surface area (Å²) in [6.07, 6.45) is 13.6. The number of ether oxygens (including phenoxy) is 1. The Morgan fingerprint density at radius 2 is 1.14 bits per heavy atom. The maximum atomic E-state index is 14.9. The van der Waals surface area contributed by atoms with Gasteiger partial charge in [-0.15, -0.1) is 0 Å². The van der Waals surface area contributed by atoms with Crippen LogP contribution < -0.4 is 4.74 Å². The van der Waals surface area contributed by atoms with Gasteiger partial charge in [-0.3, -0.25) is 0 Å². The molecule has 36 heavy (non-hydrogen) atoms. The molecular weight excluding hydrogens is 450 g/mol. The predicted molar refractivity (Wildman–Crippen MR) is 149 cm³/mol. The van der Waals surface area contributed by atoms with Gasteiger partial charge in [-0.05, 0) is 65.3 Å². The molecule has 1 nitrogen and oxygen atoms in total. The first-order valence-electron chi connectivity index (χ1n) is 13.9. The molecule has 0 spiro atoms. The van der Waals surface area contributed by atoms with Crippen LogP contribution in [0.1, 0.15) is 90.0 Å². The molecule has 0 bridgehead atoms. The zero-order valence-corrected chi connectivity index (χ0v) is 22.1. The smallest absolute Gasteiger partial charge is 0.165 e. The first kappa shape index (κ1) is 27.9. The second kappa shape index (κ2) is 15.4. The number of halogens is 2. The molecular formula is C33H42F2O. The molecule has 0 radical (unpaired) electrons. The average molecular weight is 493 g/mol. The lowest BCUT2D eigenvalue weighted by atomic mass is 9.93. The molecule has 0 unspecified atom stereocenters. The summed E-state index contributed by atoms with van der Waals surface area (Å²) in [6, 6.07) is 18.4. The maximum Gasteiger partial charge on any atom is 0.165 e. The van der Waals surface area contributed by atoms with Crippen LogP contribution in [0.5, 0.6) is 5.75 Å². The van der Waals surface area contributed by atoms with Gasteiger partial charge in [-0.2, -0.15) is 0 Å². The molecule has 0 saturated heterocycles. The van der Waals surface area contributed by atoms with Crippen molar-refractivity contribution in [1.29, 1.82) is 0 Å². The molecule has 0 heterocycles. The van der Waals surface area contributed by atoms with Crippen molar-refractivity contribution in [3.63, 3.8) is 0 Å². The highest BCUT2D eigenvalue weighted by Crippen LogP contribution is 2.35. The highest BCUT2D eigenvalue weighted by atomic mass is 19.1. The highest BCUT2D eigenvalue weighted by molar-refractivity contribution is 5.83. The average Bonchev–Trinajstić information content (AvgIpc) is 2.89. The molecule has 3 aromatic rings. The first-order chi connectivity index (χ1) is 17.6. The maximum absolute atomic E-state index is 14.9. The Morgan fingerprint density at radius 1 is 0.583 bits per heavy atom. The van der Waals surface area contributed by atoms with E-state index >= 15 is 0 Å². The topological polar surface area (TPSA) is 9.23 Å². The molecule has 0 aromatic heterocycles. The summed E-state index contributed by atoms with van der Waals surface area (Å²) in [5.74, 6) is -0.237. The Bertz CT molecular complexity index is 1060. The van der Waals surface area contributed by atoms with E-state index in [0.717, 1.165) is 59.9 Å². The normalized spacial score (nSPS) is 11.1. The lowest BCUT2D eigenvalue weighted by Gasteiger charge is -2.13. The van der Waals surface area contributed by atoms with Gasteiger partial charge in [0.05, 0.1) is 6.61 Å². The zero-order chi connectivity index (χ0) is 25.6. The summed E-state index contributed by atoms with van der Waals surface area (Å²) < 4.78 is 35.5. The van der Waals surface area contributed by atoms with Crippen LogP contribution in [0.3, 0.4) is 0 Å². The van der Waals surface area contributed by atoms with E-state index in [4.69, 9.17) is 4.74 Å². The first-order valence-corrected chi connectivity index (χ1v) is 13.9. The fourth-order valence-corrected chi connectivity index (χ4v) is 4.67. The Morgan fingerprint density at radius 3 is 1.75 bits per heavy atom. The van der Waals surface area contributed by atoms with E-state index in [0.29, 0.717) is 12.4 Å². The number of hydrogen-bond donors (Lipinski definition) is 0. The second-order valence-corrected chi connectivity index (χ2v) is 9.78. The second-order valence-electron chi connectivity index (χ2n) is 9.78. The largest absolute Gasteiger partial charge is 0.491 e. The molecule has 0 amide bonds. The van der Waals surface area contributed by atoms with Gasteiger partial charge >= 0.3 is 0 Å². The van der Waals surface area contributed by atoms with Gasteiger partial charge in [0.15, 0.2) is 11.6 Å². The van der Waals surface area contributed by atoms with Gasteiger partial charge in [0, 0.05) is 0 Å². The van der Waals surface area contributed by atoms with Crippen LogP contribution in [-0.2, 0) is 6.42 Å². The summed E-state index contributed by atoms with van der Waals surface area (Å²) in [5.41, 5.74) is 4.11. The Hall–Kier alpha value is -2.68. The van der Waals surface area contributed by atoms with Crippen LogP contribution in [0, 0.1) is 11.6 Å². The minimum absolute atomic E-state index is 0.164. The molecule has 0 aliphatic rings. The van der Waals surface area contributed by atoms with Gasteiger partial charge in [0.2, 0.25) is 0 Å². The van der Waals surface area contributed by atoms with E-state index in [1.165, 1.54) is 51.0 Å². The Balaban J connectivity index is 1.66. The molecule has 0 fully saturated rings. The van der Waals surface area contributed by atoms with Crippen LogP contribution in [0.25, 0.3) is 22.3 Å². The number of benzene rings is 3. The molecule has 0 atom stereocenters. The van der Waals surface area contributed by atoms with Gasteiger partial charge in [-0.25, -0.2) is 8.78 Å². The van der Waals surface area contributed by atoms with Gasteiger partial charge < -0.3 is 4.74 Å². The molecule has 0 saturated carbocycles. The van der Waals surface area contributed by atoms with Crippen molar-refractivity contribution < 1.29 is 13.5 Å². The summed E-state index contributed by atoms with van der Waals surface area (Å²) in [7, 11) is 0. The zero-order valence-electron chi connectivity index (χ0n) is 22.1. The lowest BCUT2D eigenvalue weighted by Crippen LogP contribution is -1.99. The van der Waals surface area contributed by atoms with Crippen LogP contribution >= 0.6 is 0 Å². The summed E-state index contributed by atoms with van der Waals surface area (Å²) >= 11 is 0. The molecule has 0 aliphatic carbocycles. The van der Waals surface area contributed by atoms with Crippen molar-refractivity contribution in [3.05, 3.63) is 77.9 Å². The summed E-state index contributed by atoms with van der Waals surface area (Å²) in [5, 5.41) is 0. The van der Waals surface area contributed by atoms with E-state index in [1.54, 1.807) is 12.1 Å². The van der Waals surface area contributed by atoms with Crippen LogP contribution in [0.4, 0.5) is 8.78 Å². The van der Waals surface area contributed by atoms with Crippen molar-refractivity contribution in [2.75, 3.05) is 6.61 Å². The molecule has 3 rings (SSSR count). The van der Waals surface area contributed by atoms with E-state index < -0.39 is 0 Å². The number of hydrogen-bond acceptors (Lipinski definition) is 1. The van der Waals surface area contributed by atoms with E-state index in [9.17, 15) is 8.78 Å². The van der Waals surface area contributed by atoms with Gasteiger partial charge in [0.1, 0.15) is 5.82 Å². The van der Waals surface area contributed by atoms with Crippen molar-refractivity contribution in [2.45, 2.75) is 90.9 Å². The fourth-order valence-electron chi connectivity index (χ4n) is 4.67. The van der Waals surface area contributed by atoms with Gasteiger partial charge in [0.25, 0.3) is 0 Å². The standard InChI is InChI=1S/C33H42F2O/c1-3-5-7-9-11-15-23-36-33-22-21-28(25-32(33)35)30-18-14-13-17-29(30)27-20-19-26(31(34)24-27)16-12-10-8-6-4-2/h13-14,17-22,24-25H,3-12,15-16,23H2,1-2H3. The summed E-state index contributed by atoms with van der Waals surface area (Å²) in [4.78, 5) is 0. The van der Waals surface area contributed by atoms with Crippen LogP contribution in [-0.4, -0.2) is 6.61 Å². The van der Waals surface area contributed by atoms with Gasteiger partial charge in [-0.1, -0.05) is 114 Å². The highest BCUT2D eigenvalue weighted by Gasteiger charge is 2.12. The Labute approximate surface area is 216 Å². The molecule has 194 valence electrons. The number of unbranched alkanes of at least 4 members (excludes halogenated alkanes) is 9. The molecule has 3 aromatic carbocycles. The van der Waals surface area contributed by atoms with Crippen molar-refractivity contribution in [3.8, 4) is 28.0 Å².